The standard InChI is InChI=1S/C11H11BrN2S/c12-11-6-5-10(15-11)7-14-9-3-1-8(13)2-4-9/h1-6,14H,7,13H2. The first-order valence-corrected chi connectivity index (χ1v) is 6.18. The summed E-state index contributed by atoms with van der Waals surface area (Å²) in [7, 11) is 0. The number of rotatable bonds is 3. The van der Waals surface area contributed by atoms with Crippen LogP contribution in [0.2, 0.25) is 0 Å². The number of anilines is 2. The Kier molecular flexibility index (Phi) is 3.28. The van der Waals surface area contributed by atoms with Crippen molar-refractivity contribution < 1.29 is 0 Å². The fraction of sp³-hybridized carbons (Fsp3) is 0.0909. The van der Waals surface area contributed by atoms with Gasteiger partial charge in [-0.2, -0.15) is 0 Å². The molecule has 0 fully saturated rings. The highest BCUT2D eigenvalue weighted by atomic mass is 79.9. The number of halogens is 1. The average Bonchev–Trinajstić information content (AvgIpc) is 2.64. The van der Waals surface area contributed by atoms with Gasteiger partial charge < -0.3 is 11.1 Å². The summed E-state index contributed by atoms with van der Waals surface area (Å²) < 4.78 is 1.16. The van der Waals surface area contributed by atoms with Crippen LogP contribution in [0.15, 0.2) is 40.2 Å². The molecule has 0 radical (unpaired) electrons. The third-order valence-electron chi connectivity index (χ3n) is 2.01. The predicted octanol–water partition coefficient (Wildman–Crippen LogP) is 3.70. The van der Waals surface area contributed by atoms with Crippen LogP contribution in [0.1, 0.15) is 4.88 Å². The molecule has 0 saturated carbocycles. The van der Waals surface area contributed by atoms with Crippen LogP contribution in [-0.4, -0.2) is 0 Å². The van der Waals surface area contributed by atoms with Gasteiger partial charge in [0.25, 0.3) is 0 Å². The summed E-state index contributed by atoms with van der Waals surface area (Å²) in [5.74, 6) is 0. The van der Waals surface area contributed by atoms with Gasteiger partial charge in [-0.25, -0.2) is 0 Å². The molecular weight excluding hydrogens is 272 g/mol. The van der Waals surface area contributed by atoms with Crippen molar-refractivity contribution in [3.63, 3.8) is 0 Å². The van der Waals surface area contributed by atoms with Crippen LogP contribution in [0.4, 0.5) is 11.4 Å². The molecule has 0 spiro atoms. The Balaban J connectivity index is 1.96. The number of hydrogen-bond acceptors (Lipinski definition) is 3. The molecule has 2 rings (SSSR count). The van der Waals surface area contributed by atoms with Gasteiger partial charge in [0.1, 0.15) is 0 Å². The first-order valence-electron chi connectivity index (χ1n) is 4.58. The van der Waals surface area contributed by atoms with Crippen molar-refractivity contribution in [3.05, 3.63) is 45.1 Å². The maximum absolute atomic E-state index is 5.61. The Morgan fingerprint density at radius 1 is 1.13 bits per heavy atom. The van der Waals surface area contributed by atoms with Gasteiger partial charge in [0.05, 0.1) is 3.79 Å². The van der Waals surface area contributed by atoms with E-state index in [0.717, 1.165) is 21.7 Å². The minimum Gasteiger partial charge on any atom is -0.399 e. The summed E-state index contributed by atoms with van der Waals surface area (Å²) in [5.41, 5.74) is 7.49. The summed E-state index contributed by atoms with van der Waals surface area (Å²) in [4.78, 5) is 1.30. The molecule has 0 bridgehead atoms. The van der Waals surface area contributed by atoms with Crippen molar-refractivity contribution in [2.24, 2.45) is 0 Å². The summed E-state index contributed by atoms with van der Waals surface area (Å²) in [6.07, 6.45) is 0. The van der Waals surface area contributed by atoms with Crippen molar-refractivity contribution in [2.45, 2.75) is 6.54 Å². The van der Waals surface area contributed by atoms with E-state index in [1.807, 2.05) is 24.3 Å². The molecule has 0 amide bonds. The van der Waals surface area contributed by atoms with E-state index in [9.17, 15) is 0 Å². The largest absolute Gasteiger partial charge is 0.399 e. The Labute approximate surface area is 101 Å². The molecule has 1 aromatic heterocycles. The predicted molar refractivity (Wildman–Crippen MR) is 70.2 cm³/mol. The molecular formula is C11H11BrN2S. The molecule has 0 atom stereocenters. The average molecular weight is 283 g/mol. The highest BCUT2D eigenvalue weighted by Crippen LogP contribution is 2.23. The third kappa shape index (κ3) is 2.97. The quantitative estimate of drug-likeness (QED) is 0.843. The van der Waals surface area contributed by atoms with Gasteiger partial charge in [0.2, 0.25) is 0 Å². The lowest BCUT2D eigenvalue weighted by Gasteiger charge is -2.04. The SMILES string of the molecule is Nc1ccc(NCc2ccc(Br)s2)cc1. The number of nitrogens with one attached hydrogen (secondary N) is 1. The molecule has 2 aromatic rings. The smallest absolute Gasteiger partial charge is 0.0702 e. The molecule has 15 heavy (non-hydrogen) atoms. The van der Waals surface area contributed by atoms with Crippen LogP contribution >= 0.6 is 27.3 Å². The summed E-state index contributed by atoms with van der Waals surface area (Å²) in [6.45, 7) is 0.847. The lowest BCUT2D eigenvalue weighted by Crippen LogP contribution is -1.97. The Morgan fingerprint density at radius 3 is 2.47 bits per heavy atom. The highest BCUT2D eigenvalue weighted by Gasteiger charge is 1.97. The second-order valence-electron chi connectivity index (χ2n) is 3.18. The zero-order valence-corrected chi connectivity index (χ0v) is 10.4. The topological polar surface area (TPSA) is 38.0 Å². The molecule has 1 aromatic carbocycles. The van der Waals surface area contributed by atoms with E-state index < -0.39 is 0 Å². The number of nitrogens with two attached hydrogens (primary N) is 1. The molecule has 0 aliphatic heterocycles. The molecule has 3 N–H and O–H groups in total. The van der Waals surface area contributed by atoms with Gasteiger partial charge in [-0.15, -0.1) is 11.3 Å². The van der Waals surface area contributed by atoms with Gasteiger partial charge in [0.15, 0.2) is 0 Å². The van der Waals surface area contributed by atoms with Crippen molar-refractivity contribution in [2.75, 3.05) is 11.1 Å². The lowest BCUT2D eigenvalue weighted by atomic mass is 10.3. The van der Waals surface area contributed by atoms with Gasteiger partial charge >= 0.3 is 0 Å². The zero-order chi connectivity index (χ0) is 10.7. The fourth-order valence-electron chi connectivity index (χ4n) is 1.24. The molecule has 0 saturated heterocycles. The minimum absolute atomic E-state index is 0.791. The van der Waals surface area contributed by atoms with Crippen LogP contribution < -0.4 is 11.1 Å². The van der Waals surface area contributed by atoms with Crippen molar-refractivity contribution in [1.82, 2.24) is 0 Å². The van der Waals surface area contributed by atoms with E-state index in [1.165, 1.54) is 4.88 Å². The van der Waals surface area contributed by atoms with E-state index in [0.29, 0.717) is 0 Å². The summed E-state index contributed by atoms with van der Waals surface area (Å²) >= 11 is 5.18. The van der Waals surface area contributed by atoms with Crippen molar-refractivity contribution in [3.8, 4) is 0 Å². The van der Waals surface area contributed by atoms with E-state index in [1.54, 1.807) is 11.3 Å². The first-order chi connectivity index (χ1) is 7.24. The van der Waals surface area contributed by atoms with Crippen LogP contribution in [-0.2, 0) is 6.54 Å². The van der Waals surface area contributed by atoms with E-state index in [-0.39, 0.29) is 0 Å². The van der Waals surface area contributed by atoms with Crippen LogP contribution in [0.3, 0.4) is 0 Å². The van der Waals surface area contributed by atoms with Gasteiger partial charge in [-0.1, -0.05) is 0 Å². The summed E-state index contributed by atoms with van der Waals surface area (Å²) in [6, 6.07) is 11.9. The molecule has 78 valence electrons. The molecule has 2 nitrogen and oxygen atoms in total. The van der Waals surface area contributed by atoms with Gasteiger partial charge in [-0.3, -0.25) is 0 Å². The monoisotopic (exact) mass is 282 g/mol. The van der Waals surface area contributed by atoms with Crippen LogP contribution in [0, 0.1) is 0 Å². The molecule has 0 unspecified atom stereocenters. The van der Waals surface area contributed by atoms with Crippen molar-refractivity contribution in [1.29, 1.82) is 0 Å². The van der Waals surface area contributed by atoms with Crippen molar-refractivity contribution >= 4 is 38.6 Å². The molecule has 0 aliphatic carbocycles. The fourth-order valence-corrected chi connectivity index (χ4v) is 2.66. The third-order valence-corrected chi connectivity index (χ3v) is 3.63. The van der Waals surface area contributed by atoms with E-state index in [4.69, 9.17) is 5.73 Å². The second kappa shape index (κ2) is 4.68. The number of nitrogen functional groups attached to an aromatic ring is 1. The molecule has 1 heterocycles. The number of thiophene rings is 1. The molecule has 4 heteroatoms. The van der Waals surface area contributed by atoms with Gasteiger partial charge in [-0.05, 0) is 52.3 Å². The summed E-state index contributed by atoms with van der Waals surface area (Å²) in [5, 5.41) is 3.34. The minimum atomic E-state index is 0.791. The Morgan fingerprint density at radius 2 is 1.87 bits per heavy atom. The van der Waals surface area contributed by atoms with E-state index >= 15 is 0 Å². The maximum Gasteiger partial charge on any atom is 0.0702 e. The first kappa shape index (κ1) is 10.5. The van der Waals surface area contributed by atoms with Crippen LogP contribution in [0.25, 0.3) is 0 Å². The normalized spacial score (nSPS) is 10.2. The number of benzene rings is 1. The number of hydrogen-bond donors (Lipinski definition) is 2. The molecule has 0 aliphatic rings. The Hall–Kier alpha value is -1.00. The van der Waals surface area contributed by atoms with Gasteiger partial charge in [0, 0.05) is 22.8 Å². The second-order valence-corrected chi connectivity index (χ2v) is 5.73. The zero-order valence-electron chi connectivity index (χ0n) is 8.03. The van der Waals surface area contributed by atoms with Crippen LogP contribution in [0.5, 0.6) is 0 Å². The highest BCUT2D eigenvalue weighted by molar-refractivity contribution is 9.11. The van der Waals surface area contributed by atoms with E-state index in [2.05, 4.69) is 33.4 Å². The lowest BCUT2D eigenvalue weighted by molar-refractivity contribution is 1.19. The Bertz CT molecular complexity index is 436. The maximum atomic E-state index is 5.61.